The highest BCUT2D eigenvalue weighted by molar-refractivity contribution is 6.32. The van der Waals surface area contributed by atoms with Gasteiger partial charge in [0.15, 0.2) is 5.76 Å². The Morgan fingerprint density at radius 1 is 1.04 bits per heavy atom. The van der Waals surface area contributed by atoms with Gasteiger partial charge in [-0.2, -0.15) is 0 Å². The van der Waals surface area contributed by atoms with Crippen LogP contribution in [0.1, 0.15) is 21.5 Å². The van der Waals surface area contributed by atoms with Crippen LogP contribution in [0.25, 0.3) is 6.08 Å². The van der Waals surface area contributed by atoms with E-state index in [0.29, 0.717) is 22.6 Å². The zero-order valence-electron chi connectivity index (χ0n) is 14.4. The molecule has 0 N–H and O–H groups in total. The predicted molar refractivity (Wildman–Crippen MR) is 102 cm³/mol. The summed E-state index contributed by atoms with van der Waals surface area (Å²) in [6.45, 7) is 0.165. The quantitative estimate of drug-likeness (QED) is 0.520. The van der Waals surface area contributed by atoms with Gasteiger partial charge in [0.2, 0.25) is 5.78 Å². The van der Waals surface area contributed by atoms with E-state index in [2.05, 4.69) is 0 Å². The van der Waals surface area contributed by atoms with Crippen LogP contribution in [0.3, 0.4) is 0 Å². The van der Waals surface area contributed by atoms with Crippen molar-refractivity contribution in [3.8, 4) is 11.5 Å². The first-order valence-corrected chi connectivity index (χ1v) is 8.78. The Hall–Kier alpha value is -3.18. The van der Waals surface area contributed by atoms with Gasteiger partial charge in [-0.3, -0.25) is 4.79 Å². The molecule has 3 aromatic carbocycles. The normalized spacial score (nSPS) is 14.1. The second kappa shape index (κ2) is 7.44. The average Bonchev–Trinajstić information content (AvgIpc) is 2.98. The molecule has 0 unspecified atom stereocenters. The van der Waals surface area contributed by atoms with Crippen LogP contribution in [0.4, 0.5) is 8.78 Å². The summed E-state index contributed by atoms with van der Waals surface area (Å²) in [6, 6.07) is 15.1. The van der Waals surface area contributed by atoms with Gasteiger partial charge >= 0.3 is 0 Å². The summed E-state index contributed by atoms with van der Waals surface area (Å²) in [5.74, 6) is -0.520. The molecule has 1 aliphatic heterocycles. The number of benzene rings is 3. The molecule has 0 radical (unpaired) electrons. The van der Waals surface area contributed by atoms with Gasteiger partial charge in [-0.05, 0) is 48.0 Å². The number of hydrogen-bond acceptors (Lipinski definition) is 3. The lowest BCUT2D eigenvalue weighted by Gasteiger charge is -2.07. The van der Waals surface area contributed by atoms with E-state index in [0.717, 1.165) is 0 Å². The Balaban J connectivity index is 1.55. The molecule has 28 heavy (non-hydrogen) atoms. The highest BCUT2D eigenvalue weighted by Gasteiger charge is 2.28. The summed E-state index contributed by atoms with van der Waals surface area (Å²) >= 11 is 6.00. The fourth-order valence-electron chi connectivity index (χ4n) is 2.83. The van der Waals surface area contributed by atoms with Gasteiger partial charge in [0, 0.05) is 11.6 Å². The van der Waals surface area contributed by atoms with Crippen molar-refractivity contribution < 1.29 is 23.0 Å². The van der Waals surface area contributed by atoms with Crippen LogP contribution in [0, 0.1) is 11.6 Å². The van der Waals surface area contributed by atoms with Crippen LogP contribution in [0.5, 0.6) is 11.5 Å². The number of ether oxygens (including phenoxy) is 2. The molecule has 6 heteroatoms. The third kappa shape index (κ3) is 3.62. The molecule has 0 atom stereocenters. The molecule has 0 fully saturated rings. The van der Waals surface area contributed by atoms with E-state index in [1.807, 2.05) is 0 Å². The zero-order chi connectivity index (χ0) is 19.7. The lowest BCUT2D eigenvalue weighted by molar-refractivity contribution is 0.101. The first kappa shape index (κ1) is 18.2. The number of carbonyl (C=O) groups is 1. The summed E-state index contributed by atoms with van der Waals surface area (Å²) in [5, 5.41) is 0.180. The van der Waals surface area contributed by atoms with E-state index in [1.165, 1.54) is 36.4 Å². The van der Waals surface area contributed by atoms with E-state index in [4.69, 9.17) is 21.1 Å². The molecule has 0 saturated carbocycles. The minimum absolute atomic E-state index is 0.0238. The van der Waals surface area contributed by atoms with Crippen molar-refractivity contribution in [1.82, 2.24) is 0 Å². The molecule has 1 aliphatic rings. The van der Waals surface area contributed by atoms with Crippen molar-refractivity contribution in [2.24, 2.45) is 0 Å². The maximum atomic E-state index is 14.0. The fourth-order valence-corrected chi connectivity index (χ4v) is 3.05. The van der Waals surface area contributed by atoms with Gasteiger partial charge in [-0.1, -0.05) is 29.8 Å². The zero-order valence-corrected chi connectivity index (χ0v) is 15.2. The van der Waals surface area contributed by atoms with Crippen LogP contribution in [-0.2, 0) is 6.61 Å². The molecule has 3 aromatic rings. The molecule has 140 valence electrons. The fraction of sp³-hybridized carbons (Fsp3) is 0.0455. The van der Waals surface area contributed by atoms with Gasteiger partial charge in [0.05, 0.1) is 10.6 Å². The molecule has 4 rings (SSSR count). The topological polar surface area (TPSA) is 35.5 Å². The van der Waals surface area contributed by atoms with Gasteiger partial charge in [-0.25, -0.2) is 8.78 Å². The Morgan fingerprint density at radius 2 is 1.86 bits per heavy atom. The molecule has 0 amide bonds. The van der Waals surface area contributed by atoms with E-state index in [-0.39, 0.29) is 34.6 Å². The maximum Gasteiger partial charge on any atom is 0.231 e. The molecule has 3 nitrogen and oxygen atoms in total. The third-order valence-electron chi connectivity index (χ3n) is 4.21. The predicted octanol–water partition coefficient (Wildman–Crippen LogP) is 5.81. The van der Waals surface area contributed by atoms with Crippen molar-refractivity contribution in [2.75, 3.05) is 0 Å². The molecule has 0 spiro atoms. The summed E-state index contributed by atoms with van der Waals surface area (Å²) < 4.78 is 38.4. The van der Waals surface area contributed by atoms with Crippen molar-refractivity contribution >= 4 is 23.5 Å². The SMILES string of the molecule is O=C1/C(=C/c2c(F)cccc2Cl)Oc2cc(OCc3cccc(F)c3)ccc21. The minimum atomic E-state index is -0.550. The molecule has 0 bridgehead atoms. The average molecular weight is 399 g/mol. The van der Waals surface area contributed by atoms with E-state index in [1.54, 1.807) is 30.3 Å². The summed E-state index contributed by atoms with van der Waals surface area (Å²) in [5.41, 5.74) is 1.10. The van der Waals surface area contributed by atoms with E-state index < -0.39 is 5.82 Å². The monoisotopic (exact) mass is 398 g/mol. The van der Waals surface area contributed by atoms with E-state index in [9.17, 15) is 13.6 Å². The molecule has 0 saturated heterocycles. The van der Waals surface area contributed by atoms with Crippen LogP contribution in [-0.4, -0.2) is 5.78 Å². The lowest BCUT2D eigenvalue weighted by Crippen LogP contribution is -1.99. The number of fused-ring (bicyclic) bond motifs is 1. The Labute approximate surface area is 164 Å². The molecular formula is C22H13ClF2O3. The summed E-state index contributed by atoms with van der Waals surface area (Å²) in [4.78, 5) is 12.5. The van der Waals surface area contributed by atoms with Crippen molar-refractivity contribution in [3.05, 3.63) is 99.8 Å². The molecule has 1 heterocycles. The molecule has 0 aromatic heterocycles. The highest BCUT2D eigenvalue weighted by atomic mass is 35.5. The number of carbonyl (C=O) groups excluding carboxylic acids is 1. The lowest BCUT2D eigenvalue weighted by atomic mass is 10.1. The van der Waals surface area contributed by atoms with Crippen LogP contribution < -0.4 is 9.47 Å². The molecular weight excluding hydrogens is 386 g/mol. The van der Waals surface area contributed by atoms with Crippen LogP contribution >= 0.6 is 11.6 Å². The van der Waals surface area contributed by atoms with Crippen molar-refractivity contribution in [2.45, 2.75) is 6.61 Å². The molecule has 0 aliphatic carbocycles. The maximum absolute atomic E-state index is 14.0. The third-order valence-corrected chi connectivity index (χ3v) is 4.54. The van der Waals surface area contributed by atoms with Crippen molar-refractivity contribution in [1.29, 1.82) is 0 Å². The Morgan fingerprint density at radius 3 is 2.64 bits per heavy atom. The minimum Gasteiger partial charge on any atom is -0.489 e. The Bertz CT molecular complexity index is 1090. The number of Topliss-reactive ketones (excluding diaryl/α,β-unsaturated/α-hetero) is 1. The van der Waals surface area contributed by atoms with Gasteiger partial charge in [-0.15, -0.1) is 0 Å². The summed E-state index contributed by atoms with van der Waals surface area (Å²) in [7, 11) is 0. The largest absolute Gasteiger partial charge is 0.489 e. The Kier molecular flexibility index (Phi) is 4.84. The standard InChI is InChI=1S/C22H13ClF2O3/c23-18-5-2-6-19(25)17(18)11-21-22(26)16-8-7-15(10-20(16)28-21)27-12-13-3-1-4-14(24)9-13/h1-11H,12H2/b21-11-. The highest BCUT2D eigenvalue weighted by Crippen LogP contribution is 2.36. The number of hydrogen-bond donors (Lipinski definition) is 0. The van der Waals surface area contributed by atoms with Gasteiger partial charge in [0.1, 0.15) is 29.7 Å². The first-order valence-electron chi connectivity index (χ1n) is 8.41. The number of halogens is 3. The second-order valence-corrected chi connectivity index (χ2v) is 6.56. The number of allylic oxidation sites excluding steroid dienone is 1. The smallest absolute Gasteiger partial charge is 0.231 e. The summed E-state index contributed by atoms with van der Waals surface area (Å²) in [6.07, 6.45) is 1.28. The number of ketones is 1. The van der Waals surface area contributed by atoms with E-state index >= 15 is 0 Å². The number of rotatable bonds is 4. The second-order valence-electron chi connectivity index (χ2n) is 6.15. The van der Waals surface area contributed by atoms with Gasteiger partial charge in [0.25, 0.3) is 0 Å². The van der Waals surface area contributed by atoms with Crippen LogP contribution in [0.2, 0.25) is 5.02 Å². The first-order chi connectivity index (χ1) is 13.5. The van der Waals surface area contributed by atoms with Crippen molar-refractivity contribution in [3.63, 3.8) is 0 Å². The van der Waals surface area contributed by atoms with Gasteiger partial charge < -0.3 is 9.47 Å². The van der Waals surface area contributed by atoms with Crippen LogP contribution in [0.15, 0.2) is 66.4 Å².